The second-order valence-electron chi connectivity index (χ2n) is 4.18. The molecule has 100 valence electrons. The van der Waals surface area contributed by atoms with Crippen LogP contribution in [0.5, 0.6) is 5.75 Å². The number of hydrogen-bond acceptors (Lipinski definition) is 2. The largest absolute Gasteiger partial charge is 0.490 e. The Morgan fingerprint density at radius 1 is 1.16 bits per heavy atom. The molecule has 2 nitrogen and oxygen atoms in total. The molecule has 2 rings (SSSR count). The summed E-state index contributed by atoms with van der Waals surface area (Å²) in [6.45, 7) is 0.104. The van der Waals surface area contributed by atoms with Crippen molar-refractivity contribution in [3.8, 4) is 5.75 Å². The number of aliphatic hydroxyl groups excluding tert-OH is 1. The molecule has 2 aromatic carbocycles. The van der Waals surface area contributed by atoms with Crippen LogP contribution < -0.4 is 4.74 Å². The fraction of sp³-hybridized carbons (Fsp3) is 0.200. The maximum absolute atomic E-state index is 13.4. The van der Waals surface area contributed by atoms with Gasteiger partial charge in [0.25, 0.3) is 0 Å². The molecule has 0 saturated heterocycles. The summed E-state index contributed by atoms with van der Waals surface area (Å²) in [5, 5.41) is 10.00. The van der Waals surface area contributed by atoms with E-state index >= 15 is 0 Å². The zero-order valence-corrected chi connectivity index (χ0v) is 11.0. The van der Waals surface area contributed by atoms with Crippen molar-refractivity contribution in [2.75, 3.05) is 13.2 Å². The first-order valence-corrected chi connectivity index (χ1v) is 6.32. The van der Waals surface area contributed by atoms with E-state index in [9.17, 15) is 9.50 Å². The molecule has 4 heteroatoms. The molecule has 1 atom stereocenters. The minimum absolute atomic E-state index is 0.0885. The first-order valence-electron chi connectivity index (χ1n) is 5.94. The average Bonchev–Trinajstić information content (AvgIpc) is 2.41. The lowest BCUT2D eigenvalue weighted by Gasteiger charge is -2.16. The van der Waals surface area contributed by atoms with Crippen molar-refractivity contribution in [1.29, 1.82) is 0 Å². The quantitative estimate of drug-likeness (QED) is 0.906. The van der Waals surface area contributed by atoms with Gasteiger partial charge in [-0.15, -0.1) is 0 Å². The first-order chi connectivity index (χ1) is 9.20. The van der Waals surface area contributed by atoms with Gasteiger partial charge in [0.2, 0.25) is 0 Å². The van der Waals surface area contributed by atoms with Crippen LogP contribution in [0.25, 0.3) is 0 Å². The molecule has 0 radical (unpaired) electrons. The normalized spacial score (nSPS) is 12.2. The van der Waals surface area contributed by atoms with Crippen molar-refractivity contribution in [2.24, 2.45) is 0 Å². The molecule has 0 saturated carbocycles. The highest BCUT2D eigenvalue weighted by atomic mass is 35.5. The Hall–Kier alpha value is -1.58. The zero-order valence-electron chi connectivity index (χ0n) is 10.2. The Morgan fingerprint density at radius 3 is 2.63 bits per heavy atom. The summed E-state index contributed by atoms with van der Waals surface area (Å²) < 4.78 is 18.8. The van der Waals surface area contributed by atoms with Gasteiger partial charge in [0.05, 0.1) is 13.2 Å². The van der Waals surface area contributed by atoms with Crippen LogP contribution in [0.3, 0.4) is 0 Å². The van der Waals surface area contributed by atoms with Crippen molar-refractivity contribution < 1.29 is 14.2 Å². The molecule has 0 spiro atoms. The summed E-state index contributed by atoms with van der Waals surface area (Å²) in [6.07, 6.45) is 0. The van der Waals surface area contributed by atoms with E-state index in [4.69, 9.17) is 16.3 Å². The summed E-state index contributed by atoms with van der Waals surface area (Å²) in [4.78, 5) is 0. The van der Waals surface area contributed by atoms with E-state index in [1.165, 1.54) is 6.07 Å². The Kier molecular flexibility index (Phi) is 4.77. The fourth-order valence-electron chi connectivity index (χ4n) is 1.77. The highest BCUT2D eigenvalue weighted by Gasteiger charge is 2.13. The van der Waals surface area contributed by atoms with Gasteiger partial charge in [-0.25, -0.2) is 4.39 Å². The lowest BCUT2D eigenvalue weighted by atomic mass is 10.0. The Bertz CT molecular complexity index is 545. The van der Waals surface area contributed by atoms with Crippen LogP contribution in [0.1, 0.15) is 11.5 Å². The topological polar surface area (TPSA) is 29.5 Å². The molecular weight excluding hydrogens is 267 g/mol. The third-order valence-corrected chi connectivity index (χ3v) is 3.05. The van der Waals surface area contributed by atoms with Crippen LogP contribution in [0, 0.1) is 5.82 Å². The van der Waals surface area contributed by atoms with Crippen LogP contribution in [0.15, 0.2) is 48.5 Å². The van der Waals surface area contributed by atoms with Crippen molar-refractivity contribution in [1.82, 2.24) is 0 Å². The summed E-state index contributed by atoms with van der Waals surface area (Å²) in [7, 11) is 0. The maximum atomic E-state index is 13.4. The number of rotatable bonds is 5. The molecule has 0 aromatic heterocycles. The van der Waals surface area contributed by atoms with E-state index < -0.39 is 5.82 Å². The smallest absolute Gasteiger partial charge is 0.165 e. The number of hydrogen-bond donors (Lipinski definition) is 1. The first kappa shape index (κ1) is 13.8. The molecule has 2 aromatic rings. The Balaban J connectivity index is 2.06. The lowest BCUT2D eigenvalue weighted by Crippen LogP contribution is -2.14. The fourth-order valence-corrected chi connectivity index (χ4v) is 1.97. The summed E-state index contributed by atoms with van der Waals surface area (Å²) in [5.41, 5.74) is 0.867. The van der Waals surface area contributed by atoms with Gasteiger partial charge in [-0.1, -0.05) is 35.9 Å². The van der Waals surface area contributed by atoms with Gasteiger partial charge >= 0.3 is 0 Å². The van der Waals surface area contributed by atoms with Gasteiger partial charge in [-0.05, 0) is 29.8 Å². The van der Waals surface area contributed by atoms with Gasteiger partial charge in [-0.2, -0.15) is 0 Å². The van der Waals surface area contributed by atoms with Crippen molar-refractivity contribution in [3.05, 3.63) is 64.9 Å². The average molecular weight is 281 g/mol. The summed E-state index contributed by atoms with van der Waals surface area (Å²) in [6, 6.07) is 13.4. The van der Waals surface area contributed by atoms with Gasteiger partial charge < -0.3 is 9.84 Å². The van der Waals surface area contributed by atoms with Crippen LogP contribution in [-0.4, -0.2) is 18.3 Å². The SMILES string of the molecule is OCC(COc1ccccc1F)c1cccc(Cl)c1. The molecule has 1 N–H and O–H groups in total. The monoisotopic (exact) mass is 280 g/mol. The van der Waals surface area contributed by atoms with Gasteiger partial charge in [0.1, 0.15) is 0 Å². The summed E-state index contributed by atoms with van der Waals surface area (Å²) >= 11 is 5.91. The molecule has 1 unspecified atom stereocenters. The number of ether oxygens (including phenoxy) is 1. The standard InChI is InChI=1S/C15H14ClFO2/c16-13-5-3-4-11(8-13)12(9-18)10-19-15-7-2-1-6-14(15)17/h1-8,12,18H,9-10H2. The Morgan fingerprint density at radius 2 is 1.95 bits per heavy atom. The van der Waals surface area contributed by atoms with Gasteiger partial charge in [0.15, 0.2) is 11.6 Å². The predicted octanol–water partition coefficient (Wildman–Crippen LogP) is 3.63. The van der Waals surface area contributed by atoms with Crippen molar-refractivity contribution >= 4 is 11.6 Å². The highest BCUT2D eigenvalue weighted by molar-refractivity contribution is 6.30. The molecule has 0 amide bonds. The van der Waals surface area contributed by atoms with Gasteiger partial charge in [-0.3, -0.25) is 0 Å². The minimum Gasteiger partial charge on any atom is -0.490 e. The lowest BCUT2D eigenvalue weighted by molar-refractivity contribution is 0.201. The number of para-hydroxylation sites is 1. The molecule has 0 heterocycles. The van der Waals surface area contributed by atoms with E-state index in [0.29, 0.717) is 5.02 Å². The molecular formula is C15H14ClFO2. The number of aliphatic hydroxyl groups is 1. The molecule has 0 aliphatic carbocycles. The van der Waals surface area contributed by atoms with Crippen molar-refractivity contribution in [3.63, 3.8) is 0 Å². The van der Waals surface area contributed by atoms with E-state index in [1.807, 2.05) is 12.1 Å². The van der Waals surface area contributed by atoms with E-state index in [2.05, 4.69) is 0 Å². The second-order valence-corrected chi connectivity index (χ2v) is 4.61. The Labute approximate surface area is 116 Å². The highest BCUT2D eigenvalue weighted by Crippen LogP contribution is 2.22. The molecule has 0 fully saturated rings. The minimum atomic E-state index is -0.412. The van der Waals surface area contributed by atoms with Gasteiger partial charge in [0, 0.05) is 10.9 Å². The van der Waals surface area contributed by atoms with Crippen LogP contribution in [-0.2, 0) is 0 Å². The summed E-state index contributed by atoms with van der Waals surface area (Å²) in [5.74, 6) is -0.466. The number of halogens is 2. The number of benzene rings is 2. The van der Waals surface area contributed by atoms with E-state index in [1.54, 1.807) is 30.3 Å². The van der Waals surface area contributed by atoms with E-state index in [0.717, 1.165) is 5.56 Å². The maximum Gasteiger partial charge on any atom is 0.165 e. The third kappa shape index (κ3) is 3.69. The molecule has 0 bridgehead atoms. The van der Waals surface area contributed by atoms with Crippen LogP contribution in [0.4, 0.5) is 4.39 Å². The van der Waals surface area contributed by atoms with Crippen LogP contribution in [0.2, 0.25) is 5.02 Å². The molecule has 19 heavy (non-hydrogen) atoms. The second kappa shape index (κ2) is 6.55. The molecule has 0 aliphatic rings. The zero-order chi connectivity index (χ0) is 13.7. The van der Waals surface area contributed by atoms with E-state index in [-0.39, 0.29) is 24.9 Å². The predicted molar refractivity (Wildman–Crippen MR) is 73.2 cm³/mol. The van der Waals surface area contributed by atoms with Crippen LogP contribution >= 0.6 is 11.6 Å². The third-order valence-electron chi connectivity index (χ3n) is 2.82. The van der Waals surface area contributed by atoms with Crippen molar-refractivity contribution in [2.45, 2.75) is 5.92 Å². The molecule has 0 aliphatic heterocycles.